The number of carbonyl (C=O) groups excluding carboxylic acids is 1. The highest BCUT2D eigenvalue weighted by atomic mass is 16.1. The molecule has 2 aromatic rings. The van der Waals surface area contributed by atoms with E-state index in [2.05, 4.69) is 18.0 Å². The molecule has 3 rings (SSSR count). The van der Waals surface area contributed by atoms with Crippen molar-refractivity contribution in [3.8, 4) is 11.3 Å². The molecule has 0 N–H and O–H groups in total. The maximum atomic E-state index is 11.6. The van der Waals surface area contributed by atoms with Gasteiger partial charge >= 0.3 is 0 Å². The number of aryl methyl sites for hydroxylation is 2. The van der Waals surface area contributed by atoms with E-state index in [1.807, 2.05) is 24.0 Å². The van der Waals surface area contributed by atoms with E-state index in [0.717, 1.165) is 28.9 Å². The average Bonchev–Trinajstić information content (AvgIpc) is 2.76. The Kier molecular flexibility index (Phi) is 2.93. The van der Waals surface area contributed by atoms with Gasteiger partial charge in [-0.05, 0) is 25.0 Å². The van der Waals surface area contributed by atoms with Crippen LogP contribution in [0, 0.1) is 6.92 Å². The summed E-state index contributed by atoms with van der Waals surface area (Å²) in [7, 11) is 0. The number of nitrogens with zero attached hydrogens (tertiary/aromatic N) is 3. The SMILES string of the molecule is CCc1c(-c2cncc(C)c2)nn2c1CC(=O)CC2. The topological polar surface area (TPSA) is 47.8 Å². The molecule has 19 heavy (non-hydrogen) atoms. The van der Waals surface area contributed by atoms with E-state index in [1.165, 1.54) is 5.56 Å². The molecule has 0 aliphatic carbocycles. The summed E-state index contributed by atoms with van der Waals surface area (Å²) in [5.74, 6) is 0.316. The van der Waals surface area contributed by atoms with Crippen molar-refractivity contribution in [2.75, 3.05) is 0 Å². The van der Waals surface area contributed by atoms with Gasteiger partial charge in [0.15, 0.2) is 0 Å². The molecule has 1 aliphatic rings. The predicted octanol–water partition coefficient (Wildman–Crippen LogP) is 2.33. The number of Topliss-reactive ketones (excluding diaryl/α,β-unsaturated/α-hetero) is 1. The van der Waals surface area contributed by atoms with E-state index in [-0.39, 0.29) is 0 Å². The molecule has 3 heterocycles. The summed E-state index contributed by atoms with van der Waals surface area (Å²) in [6.45, 7) is 4.85. The third kappa shape index (κ3) is 2.07. The summed E-state index contributed by atoms with van der Waals surface area (Å²) in [5.41, 5.74) is 5.45. The first-order valence-electron chi connectivity index (χ1n) is 6.71. The Hall–Kier alpha value is -1.97. The Morgan fingerprint density at radius 2 is 2.21 bits per heavy atom. The number of hydrogen-bond acceptors (Lipinski definition) is 3. The second kappa shape index (κ2) is 4.61. The van der Waals surface area contributed by atoms with E-state index in [4.69, 9.17) is 5.10 Å². The number of aromatic nitrogens is 3. The second-order valence-electron chi connectivity index (χ2n) is 5.07. The van der Waals surface area contributed by atoms with Crippen molar-refractivity contribution in [3.05, 3.63) is 35.3 Å². The maximum Gasteiger partial charge on any atom is 0.140 e. The normalized spacial score (nSPS) is 14.5. The van der Waals surface area contributed by atoms with E-state index >= 15 is 0 Å². The molecule has 0 saturated heterocycles. The van der Waals surface area contributed by atoms with Gasteiger partial charge < -0.3 is 0 Å². The highest BCUT2D eigenvalue weighted by Gasteiger charge is 2.23. The summed E-state index contributed by atoms with van der Waals surface area (Å²) in [5, 5.41) is 4.69. The van der Waals surface area contributed by atoms with Gasteiger partial charge in [0.05, 0.1) is 5.69 Å². The number of rotatable bonds is 2. The summed E-state index contributed by atoms with van der Waals surface area (Å²) in [4.78, 5) is 15.9. The van der Waals surface area contributed by atoms with Crippen molar-refractivity contribution < 1.29 is 4.79 Å². The van der Waals surface area contributed by atoms with Crippen LogP contribution in [0.3, 0.4) is 0 Å². The van der Waals surface area contributed by atoms with Crippen LogP contribution in [-0.4, -0.2) is 20.5 Å². The Balaban J connectivity index is 2.14. The molecule has 4 heteroatoms. The predicted molar refractivity (Wildman–Crippen MR) is 72.9 cm³/mol. The Bertz CT molecular complexity index is 643. The van der Waals surface area contributed by atoms with Crippen LogP contribution in [0.1, 0.15) is 30.2 Å². The van der Waals surface area contributed by atoms with Crippen LogP contribution < -0.4 is 0 Å². The van der Waals surface area contributed by atoms with Crippen LogP contribution in [-0.2, 0) is 24.2 Å². The Labute approximate surface area is 112 Å². The van der Waals surface area contributed by atoms with Gasteiger partial charge in [-0.2, -0.15) is 5.10 Å². The molecule has 0 bridgehead atoms. The molecule has 0 unspecified atom stereocenters. The lowest BCUT2D eigenvalue weighted by Gasteiger charge is -2.13. The van der Waals surface area contributed by atoms with Gasteiger partial charge in [-0.3, -0.25) is 14.5 Å². The maximum absolute atomic E-state index is 11.6. The van der Waals surface area contributed by atoms with E-state index < -0.39 is 0 Å². The molecule has 0 amide bonds. The first-order chi connectivity index (χ1) is 9.19. The van der Waals surface area contributed by atoms with Crippen molar-refractivity contribution in [2.45, 2.75) is 39.7 Å². The lowest BCUT2D eigenvalue weighted by atomic mass is 9.99. The smallest absolute Gasteiger partial charge is 0.140 e. The van der Waals surface area contributed by atoms with Crippen LogP contribution >= 0.6 is 0 Å². The third-order valence-electron chi connectivity index (χ3n) is 3.64. The van der Waals surface area contributed by atoms with Gasteiger partial charge in [0.25, 0.3) is 0 Å². The Morgan fingerprint density at radius 1 is 1.37 bits per heavy atom. The highest BCUT2D eigenvalue weighted by molar-refractivity contribution is 5.82. The van der Waals surface area contributed by atoms with Crippen molar-refractivity contribution in [1.82, 2.24) is 14.8 Å². The average molecular weight is 255 g/mol. The van der Waals surface area contributed by atoms with Gasteiger partial charge in [0.2, 0.25) is 0 Å². The standard InChI is InChI=1S/C15H17N3O/c1-3-13-14-7-12(19)4-5-18(14)17-15(13)11-6-10(2)8-16-9-11/h6,8-9H,3-5,7H2,1-2H3. The van der Waals surface area contributed by atoms with Crippen LogP contribution in [0.2, 0.25) is 0 Å². The Morgan fingerprint density at radius 3 is 2.95 bits per heavy atom. The largest absolute Gasteiger partial charge is 0.299 e. The fraction of sp³-hybridized carbons (Fsp3) is 0.400. The third-order valence-corrected chi connectivity index (χ3v) is 3.64. The minimum absolute atomic E-state index is 0.316. The lowest BCUT2D eigenvalue weighted by molar-refractivity contribution is -0.119. The fourth-order valence-electron chi connectivity index (χ4n) is 2.71. The van der Waals surface area contributed by atoms with Crippen LogP contribution in [0.25, 0.3) is 11.3 Å². The van der Waals surface area contributed by atoms with E-state index in [9.17, 15) is 4.79 Å². The number of fused-ring (bicyclic) bond motifs is 1. The molecule has 2 aromatic heterocycles. The zero-order valence-corrected chi connectivity index (χ0v) is 11.3. The van der Waals surface area contributed by atoms with Gasteiger partial charge in [0, 0.05) is 48.6 Å². The quantitative estimate of drug-likeness (QED) is 0.827. The van der Waals surface area contributed by atoms with Gasteiger partial charge in [-0.25, -0.2) is 0 Å². The molecular weight excluding hydrogens is 238 g/mol. The lowest BCUT2D eigenvalue weighted by Crippen LogP contribution is -2.20. The summed E-state index contributed by atoms with van der Waals surface area (Å²) in [6.07, 6.45) is 5.71. The molecule has 4 nitrogen and oxygen atoms in total. The van der Waals surface area contributed by atoms with Crippen molar-refractivity contribution >= 4 is 5.78 Å². The minimum Gasteiger partial charge on any atom is -0.299 e. The summed E-state index contributed by atoms with van der Waals surface area (Å²) >= 11 is 0. The summed E-state index contributed by atoms with van der Waals surface area (Å²) < 4.78 is 2.00. The molecule has 0 spiro atoms. The van der Waals surface area contributed by atoms with Crippen LogP contribution in [0.15, 0.2) is 18.5 Å². The second-order valence-corrected chi connectivity index (χ2v) is 5.07. The first kappa shape index (κ1) is 12.1. The molecule has 0 aromatic carbocycles. The number of pyridine rings is 1. The molecule has 1 aliphatic heterocycles. The van der Waals surface area contributed by atoms with Gasteiger partial charge in [-0.1, -0.05) is 6.92 Å². The number of hydrogen-bond donors (Lipinski definition) is 0. The zero-order chi connectivity index (χ0) is 13.4. The molecular formula is C15H17N3O. The van der Waals surface area contributed by atoms with Crippen molar-refractivity contribution in [1.29, 1.82) is 0 Å². The molecule has 98 valence electrons. The molecule has 0 radical (unpaired) electrons. The van der Waals surface area contributed by atoms with Crippen LogP contribution in [0.5, 0.6) is 0 Å². The monoisotopic (exact) mass is 255 g/mol. The highest BCUT2D eigenvalue weighted by Crippen LogP contribution is 2.28. The van der Waals surface area contributed by atoms with Crippen molar-refractivity contribution in [2.24, 2.45) is 0 Å². The van der Waals surface area contributed by atoms with Crippen LogP contribution in [0.4, 0.5) is 0 Å². The van der Waals surface area contributed by atoms with Gasteiger partial charge in [0.1, 0.15) is 5.78 Å². The zero-order valence-electron chi connectivity index (χ0n) is 11.3. The van der Waals surface area contributed by atoms with E-state index in [0.29, 0.717) is 25.2 Å². The molecule has 0 saturated carbocycles. The molecule has 0 atom stereocenters. The van der Waals surface area contributed by atoms with E-state index in [1.54, 1.807) is 0 Å². The fourth-order valence-corrected chi connectivity index (χ4v) is 2.71. The minimum atomic E-state index is 0.316. The molecule has 0 fully saturated rings. The van der Waals surface area contributed by atoms with Gasteiger partial charge in [-0.15, -0.1) is 0 Å². The number of carbonyl (C=O) groups is 1. The number of ketones is 1. The van der Waals surface area contributed by atoms with Crippen molar-refractivity contribution in [3.63, 3.8) is 0 Å². The summed E-state index contributed by atoms with van der Waals surface area (Å²) in [6, 6.07) is 2.10. The first-order valence-corrected chi connectivity index (χ1v) is 6.71.